The van der Waals surface area contributed by atoms with Gasteiger partial charge in [-0.15, -0.1) is 24.0 Å². The van der Waals surface area contributed by atoms with Crippen LogP contribution in [0.5, 0.6) is 0 Å². The smallest absolute Gasteiger partial charge is 0.225 e. The number of amides is 1. The van der Waals surface area contributed by atoms with Crippen molar-refractivity contribution in [2.24, 2.45) is 16.3 Å². The van der Waals surface area contributed by atoms with Crippen LogP contribution in [0.25, 0.3) is 0 Å². The lowest BCUT2D eigenvalue weighted by atomic mass is 9.96. The molecule has 1 fully saturated rings. The van der Waals surface area contributed by atoms with Gasteiger partial charge in [-0.2, -0.15) is 0 Å². The molecule has 6 nitrogen and oxygen atoms in total. The van der Waals surface area contributed by atoms with Gasteiger partial charge in [-0.3, -0.25) is 9.79 Å². The van der Waals surface area contributed by atoms with Gasteiger partial charge in [0.2, 0.25) is 5.91 Å². The SMILES string of the molecule is CCNC(=NCCNC(=O)C(C)(C)C)N1CCC(CN(CC)CC)C1.I. The second-order valence-electron chi connectivity index (χ2n) is 7.83. The molecular weight excluding hydrogens is 441 g/mol. The molecule has 26 heavy (non-hydrogen) atoms. The second kappa shape index (κ2) is 12.8. The van der Waals surface area contributed by atoms with Crippen LogP contribution >= 0.6 is 24.0 Å². The molecule has 0 aromatic heterocycles. The van der Waals surface area contributed by atoms with E-state index in [0.717, 1.165) is 38.7 Å². The zero-order valence-corrected chi connectivity index (χ0v) is 19.9. The predicted octanol–water partition coefficient (Wildman–Crippen LogP) is 2.40. The Balaban J connectivity index is 0.00000625. The number of halogens is 1. The molecule has 1 aliphatic heterocycles. The standard InChI is InChI=1S/C19H39N5O.HI/c1-7-20-18(22-12-11-21-17(25)19(4,5)6)24-13-10-16(15-24)14-23(8-2)9-3;/h16H,7-15H2,1-6H3,(H,20,22)(H,21,25);1H. The molecule has 1 aliphatic rings. The number of aliphatic imine (C=N–C) groups is 1. The summed E-state index contributed by atoms with van der Waals surface area (Å²) in [5, 5.41) is 6.36. The van der Waals surface area contributed by atoms with Crippen molar-refractivity contribution in [1.82, 2.24) is 20.4 Å². The van der Waals surface area contributed by atoms with Crippen LogP contribution in [-0.2, 0) is 4.79 Å². The average Bonchev–Trinajstić information content (AvgIpc) is 3.02. The maximum absolute atomic E-state index is 11.9. The fourth-order valence-corrected chi connectivity index (χ4v) is 3.04. The van der Waals surface area contributed by atoms with Gasteiger partial charge in [0.15, 0.2) is 5.96 Å². The molecule has 0 bridgehead atoms. The first-order chi connectivity index (χ1) is 11.8. The molecule has 0 aliphatic carbocycles. The highest BCUT2D eigenvalue weighted by Gasteiger charge is 2.26. The Morgan fingerprint density at radius 1 is 1.19 bits per heavy atom. The average molecular weight is 481 g/mol. The number of likely N-dealkylation sites (tertiary alicyclic amines) is 1. The molecule has 1 unspecified atom stereocenters. The Kier molecular flexibility index (Phi) is 12.5. The molecule has 1 saturated heterocycles. The molecule has 0 aromatic rings. The van der Waals surface area contributed by atoms with Gasteiger partial charge < -0.3 is 20.4 Å². The van der Waals surface area contributed by atoms with Crippen molar-refractivity contribution in [2.45, 2.75) is 48.0 Å². The van der Waals surface area contributed by atoms with Crippen molar-refractivity contribution in [3.8, 4) is 0 Å². The molecule has 1 amide bonds. The molecule has 0 radical (unpaired) electrons. The Morgan fingerprint density at radius 3 is 2.38 bits per heavy atom. The summed E-state index contributed by atoms with van der Waals surface area (Å²) in [6.07, 6.45) is 1.22. The molecule has 1 heterocycles. The van der Waals surface area contributed by atoms with Crippen molar-refractivity contribution in [2.75, 3.05) is 52.4 Å². The van der Waals surface area contributed by atoms with E-state index < -0.39 is 0 Å². The van der Waals surface area contributed by atoms with E-state index in [-0.39, 0.29) is 35.3 Å². The van der Waals surface area contributed by atoms with Crippen molar-refractivity contribution in [3.05, 3.63) is 0 Å². The van der Waals surface area contributed by atoms with E-state index in [0.29, 0.717) is 19.0 Å². The number of carbonyl (C=O) groups excluding carboxylic acids is 1. The van der Waals surface area contributed by atoms with Crippen LogP contribution < -0.4 is 10.6 Å². The van der Waals surface area contributed by atoms with E-state index in [4.69, 9.17) is 4.99 Å². The monoisotopic (exact) mass is 481 g/mol. The first-order valence-electron chi connectivity index (χ1n) is 9.85. The Bertz CT molecular complexity index is 432. The summed E-state index contributed by atoms with van der Waals surface area (Å²) in [6, 6.07) is 0. The molecule has 2 N–H and O–H groups in total. The predicted molar refractivity (Wildman–Crippen MR) is 121 cm³/mol. The highest BCUT2D eigenvalue weighted by atomic mass is 127. The van der Waals surface area contributed by atoms with Crippen LogP contribution in [0.15, 0.2) is 4.99 Å². The Labute approximate surface area is 177 Å². The number of nitrogens with zero attached hydrogens (tertiary/aromatic N) is 3. The summed E-state index contributed by atoms with van der Waals surface area (Å²) in [5.41, 5.74) is -0.346. The summed E-state index contributed by atoms with van der Waals surface area (Å²) in [7, 11) is 0. The van der Waals surface area contributed by atoms with Gasteiger partial charge in [-0.25, -0.2) is 0 Å². The van der Waals surface area contributed by atoms with Gasteiger partial charge in [0, 0.05) is 38.1 Å². The van der Waals surface area contributed by atoms with Gasteiger partial charge in [-0.05, 0) is 32.4 Å². The van der Waals surface area contributed by atoms with Crippen molar-refractivity contribution < 1.29 is 4.79 Å². The van der Waals surface area contributed by atoms with Crippen LogP contribution in [-0.4, -0.2) is 74.0 Å². The minimum absolute atomic E-state index is 0. The van der Waals surface area contributed by atoms with E-state index in [1.165, 1.54) is 13.0 Å². The lowest BCUT2D eigenvalue weighted by molar-refractivity contribution is -0.128. The molecule has 0 spiro atoms. The lowest BCUT2D eigenvalue weighted by Gasteiger charge is -2.24. The minimum Gasteiger partial charge on any atom is -0.357 e. The van der Waals surface area contributed by atoms with Crippen molar-refractivity contribution in [3.63, 3.8) is 0 Å². The molecule has 1 atom stereocenters. The summed E-state index contributed by atoms with van der Waals surface area (Å²) < 4.78 is 0. The zero-order valence-electron chi connectivity index (χ0n) is 17.6. The summed E-state index contributed by atoms with van der Waals surface area (Å²) in [5.74, 6) is 1.77. The molecule has 1 rings (SSSR count). The summed E-state index contributed by atoms with van der Waals surface area (Å²) in [6.45, 7) is 19.9. The van der Waals surface area contributed by atoms with E-state index in [2.05, 4.69) is 41.2 Å². The van der Waals surface area contributed by atoms with Crippen molar-refractivity contribution >= 4 is 35.8 Å². The third kappa shape index (κ3) is 8.88. The fraction of sp³-hybridized carbons (Fsp3) is 0.895. The van der Waals surface area contributed by atoms with Crippen LogP contribution in [0.3, 0.4) is 0 Å². The van der Waals surface area contributed by atoms with E-state index in [1.807, 2.05) is 20.8 Å². The number of nitrogens with one attached hydrogen (secondary N) is 2. The Morgan fingerprint density at radius 2 is 1.85 bits per heavy atom. The van der Waals surface area contributed by atoms with Crippen molar-refractivity contribution in [1.29, 1.82) is 0 Å². The first kappa shape index (κ1) is 25.4. The lowest BCUT2D eigenvalue weighted by Crippen LogP contribution is -2.41. The zero-order chi connectivity index (χ0) is 18.9. The molecule has 0 saturated carbocycles. The third-order valence-corrected chi connectivity index (χ3v) is 4.67. The first-order valence-corrected chi connectivity index (χ1v) is 9.85. The third-order valence-electron chi connectivity index (χ3n) is 4.67. The summed E-state index contributed by atoms with van der Waals surface area (Å²) >= 11 is 0. The van der Waals surface area contributed by atoms with Gasteiger partial charge in [0.05, 0.1) is 6.54 Å². The van der Waals surface area contributed by atoms with Gasteiger partial charge >= 0.3 is 0 Å². The number of carbonyl (C=O) groups is 1. The number of rotatable bonds is 8. The van der Waals surface area contributed by atoms with E-state index in [9.17, 15) is 4.79 Å². The van der Waals surface area contributed by atoms with E-state index >= 15 is 0 Å². The van der Waals surface area contributed by atoms with E-state index in [1.54, 1.807) is 0 Å². The molecule has 154 valence electrons. The van der Waals surface area contributed by atoms with Gasteiger partial charge in [-0.1, -0.05) is 34.6 Å². The summed E-state index contributed by atoms with van der Waals surface area (Å²) in [4.78, 5) is 21.5. The molecule has 7 heteroatoms. The molecule has 0 aromatic carbocycles. The Hall–Kier alpha value is -0.570. The largest absolute Gasteiger partial charge is 0.357 e. The van der Waals surface area contributed by atoms with Crippen LogP contribution in [0, 0.1) is 11.3 Å². The number of guanidine groups is 1. The molecular formula is C19H40IN5O. The normalized spacial score (nSPS) is 18.0. The highest BCUT2D eigenvalue weighted by Crippen LogP contribution is 2.17. The van der Waals surface area contributed by atoms with Gasteiger partial charge in [0.25, 0.3) is 0 Å². The van der Waals surface area contributed by atoms with Crippen LogP contribution in [0.2, 0.25) is 0 Å². The quantitative estimate of drug-likeness (QED) is 0.242. The maximum atomic E-state index is 11.9. The highest BCUT2D eigenvalue weighted by molar-refractivity contribution is 14.0. The maximum Gasteiger partial charge on any atom is 0.225 e. The topological polar surface area (TPSA) is 60.0 Å². The van der Waals surface area contributed by atoms with Gasteiger partial charge in [0.1, 0.15) is 0 Å². The fourth-order valence-electron chi connectivity index (χ4n) is 3.04. The van der Waals surface area contributed by atoms with Crippen LogP contribution in [0.4, 0.5) is 0 Å². The second-order valence-corrected chi connectivity index (χ2v) is 7.83. The minimum atomic E-state index is -0.346. The number of hydrogen-bond donors (Lipinski definition) is 2. The number of hydrogen-bond acceptors (Lipinski definition) is 3. The van der Waals surface area contributed by atoms with Crippen LogP contribution in [0.1, 0.15) is 48.0 Å².